The molecule has 3 N–H and O–H groups in total. The summed E-state index contributed by atoms with van der Waals surface area (Å²) in [6, 6.07) is 8.85. The Morgan fingerprint density at radius 2 is 2.12 bits per heavy atom. The fourth-order valence-electron chi connectivity index (χ4n) is 4.59. The quantitative estimate of drug-likeness (QED) is 0.788. The molecule has 1 aromatic carbocycles. The van der Waals surface area contributed by atoms with E-state index in [9.17, 15) is 4.79 Å². The Bertz CT molecular complexity index is 782. The van der Waals surface area contributed by atoms with Gasteiger partial charge in [0.05, 0.1) is 6.20 Å². The summed E-state index contributed by atoms with van der Waals surface area (Å²) in [7, 11) is 0. The molecule has 4 rings (SSSR count). The third kappa shape index (κ3) is 3.35. The number of carbonyl (C=O) groups excluding carboxylic acids is 1. The predicted octanol–water partition coefficient (Wildman–Crippen LogP) is 3.49. The number of fused-ring (bicyclic) bond motifs is 2. The van der Waals surface area contributed by atoms with Crippen molar-refractivity contribution in [3.63, 3.8) is 0 Å². The van der Waals surface area contributed by atoms with E-state index in [1.807, 2.05) is 6.20 Å². The molecule has 2 amide bonds. The smallest absolute Gasteiger partial charge is 0.315 e. The molecule has 1 unspecified atom stereocenters. The average Bonchev–Trinajstić information content (AvgIpc) is 3.24. The Kier molecular flexibility index (Phi) is 4.70. The fraction of sp³-hybridized carbons (Fsp3) is 0.524. The maximum Gasteiger partial charge on any atom is 0.315 e. The number of benzene rings is 1. The first-order chi connectivity index (χ1) is 12.6. The SMILES string of the molecule is CC(C)[C@@H]1C[C@@H](CNC(=O)NC2CCc3cn[nH]c3C2)c2ccccc21. The highest BCUT2D eigenvalue weighted by molar-refractivity contribution is 5.74. The highest BCUT2D eigenvalue weighted by atomic mass is 16.2. The number of aromatic amines is 1. The van der Waals surface area contributed by atoms with Gasteiger partial charge in [0.2, 0.25) is 0 Å². The standard InChI is InChI=1S/C21H28N4O/c1-13(2)19-9-15(17-5-3-4-6-18(17)19)11-22-21(26)24-16-8-7-14-12-23-25-20(14)10-16/h3-6,12-13,15-16,19H,7-11H2,1-2H3,(H,23,25)(H2,22,24,26)/t15-,16?,19-/m0/s1. The number of amides is 2. The lowest BCUT2D eigenvalue weighted by Gasteiger charge is -2.23. The molecule has 0 saturated carbocycles. The molecule has 1 aromatic heterocycles. The molecule has 0 fully saturated rings. The van der Waals surface area contributed by atoms with Crippen molar-refractivity contribution < 1.29 is 4.79 Å². The zero-order valence-corrected chi connectivity index (χ0v) is 15.6. The van der Waals surface area contributed by atoms with Gasteiger partial charge in [0.25, 0.3) is 0 Å². The number of aryl methyl sites for hydroxylation is 1. The molecule has 5 heteroatoms. The molecule has 2 aliphatic rings. The van der Waals surface area contributed by atoms with Gasteiger partial charge >= 0.3 is 6.03 Å². The van der Waals surface area contributed by atoms with Crippen molar-refractivity contribution >= 4 is 6.03 Å². The van der Waals surface area contributed by atoms with Gasteiger partial charge in [-0.15, -0.1) is 0 Å². The van der Waals surface area contributed by atoms with Crippen LogP contribution in [0, 0.1) is 5.92 Å². The summed E-state index contributed by atoms with van der Waals surface area (Å²) in [5.41, 5.74) is 5.32. The molecule has 138 valence electrons. The largest absolute Gasteiger partial charge is 0.338 e. The molecule has 26 heavy (non-hydrogen) atoms. The maximum atomic E-state index is 12.4. The van der Waals surface area contributed by atoms with Gasteiger partial charge in [0, 0.05) is 30.6 Å². The second-order valence-corrected chi connectivity index (χ2v) is 8.08. The Morgan fingerprint density at radius 1 is 1.31 bits per heavy atom. The van der Waals surface area contributed by atoms with Crippen molar-refractivity contribution in [1.29, 1.82) is 0 Å². The Balaban J connectivity index is 1.32. The first-order valence-corrected chi connectivity index (χ1v) is 9.76. The lowest BCUT2D eigenvalue weighted by Crippen LogP contribution is -2.45. The molecule has 0 radical (unpaired) electrons. The van der Waals surface area contributed by atoms with Crippen LogP contribution in [0.5, 0.6) is 0 Å². The van der Waals surface area contributed by atoms with Crippen LogP contribution < -0.4 is 10.6 Å². The van der Waals surface area contributed by atoms with Crippen LogP contribution in [-0.2, 0) is 12.8 Å². The molecule has 0 aliphatic heterocycles. The zero-order chi connectivity index (χ0) is 18.1. The van der Waals surface area contributed by atoms with E-state index in [-0.39, 0.29) is 12.1 Å². The lowest BCUT2D eigenvalue weighted by molar-refractivity contribution is 0.234. The second-order valence-electron chi connectivity index (χ2n) is 8.08. The van der Waals surface area contributed by atoms with Crippen LogP contribution in [-0.4, -0.2) is 28.8 Å². The lowest BCUT2D eigenvalue weighted by atomic mass is 9.90. The van der Waals surface area contributed by atoms with E-state index >= 15 is 0 Å². The van der Waals surface area contributed by atoms with Crippen LogP contribution in [0.15, 0.2) is 30.5 Å². The zero-order valence-electron chi connectivity index (χ0n) is 15.6. The highest BCUT2D eigenvalue weighted by Gasteiger charge is 2.32. The van der Waals surface area contributed by atoms with Crippen molar-refractivity contribution in [2.24, 2.45) is 5.92 Å². The molecule has 2 aliphatic carbocycles. The van der Waals surface area contributed by atoms with Gasteiger partial charge in [-0.05, 0) is 47.8 Å². The van der Waals surface area contributed by atoms with Gasteiger partial charge in [-0.25, -0.2) is 4.79 Å². The minimum atomic E-state index is -0.0524. The third-order valence-electron chi connectivity index (χ3n) is 6.04. The molecule has 0 spiro atoms. The summed E-state index contributed by atoms with van der Waals surface area (Å²) < 4.78 is 0. The number of hydrogen-bond acceptors (Lipinski definition) is 2. The molecular formula is C21H28N4O. The number of H-pyrrole nitrogens is 1. The maximum absolute atomic E-state index is 12.4. The number of hydrogen-bond donors (Lipinski definition) is 3. The predicted molar refractivity (Wildman–Crippen MR) is 102 cm³/mol. The number of carbonyl (C=O) groups is 1. The number of nitrogens with zero attached hydrogens (tertiary/aromatic N) is 1. The first-order valence-electron chi connectivity index (χ1n) is 9.76. The van der Waals surface area contributed by atoms with Crippen LogP contribution in [0.2, 0.25) is 0 Å². The molecular weight excluding hydrogens is 324 g/mol. The van der Waals surface area contributed by atoms with Crippen LogP contribution in [0.25, 0.3) is 0 Å². The van der Waals surface area contributed by atoms with E-state index < -0.39 is 0 Å². The molecule has 0 saturated heterocycles. The summed E-state index contributed by atoms with van der Waals surface area (Å²) in [6.45, 7) is 5.28. The van der Waals surface area contributed by atoms with Gasteiger partial charge < -0.3 is 10.6 Å². The minimum absolute atomic E-state index is 0.0524. The van der Waals surface area contributed by atoms with E-state index in [1.165, 1.54) is 16.7 Å². The number of rotatable bonds is 4. The number of aromatic nitrogens is 2. The van der Waals surface area contributed by atoms with Gasteiger partial charge in [-0.1, -0.05) is 38.1 Å². The van der Waals surface area contributed by atoms with Crippen molar-refractivity contribution in [3.05, 3.63) is 52.8 Å². The Hall–Kier alpha value is -2.30. The molecule has 1 heterocycles. The van der Waals surface area contributed by atoms with E-state index in [0.29, 0.717) is 24.3 Å². The summed E-state index contributed by atoms with van der Waals surface area (Å²) in [6.07, 6.45) is 5.81. The van der Waals surface area contributed by atoms with Gasteiger partial charge in [0.15, 0.2) is 0 Å². The van der Waals surface area contributed by atoms with E-state index in [2.05, 4.69) is 58.9 Å². The minimum Gasteiger partial charge on any atom is -0.338 e. The summed E-state index contributed by atoms with van der Waals surface area (Å²) in [4.78, 5) is 12.4. The number of nitrogens with one attached hydrogen (secondary N) is 3. The van der Waals surface area contributed by atoms with E-state index in [0.717, 1.165) is 31.4 Å². The Morgan fingerprint density at radius 3 is 2.92 bits per heavy atom. The second kappa shape index (κ2) is 7.14. The van der Waals surface area contributed by atoms with Gasteiger partial charge in [-0.3, -0.25) is 5.10 Å². The molecule has 5 nitrogen and oxygen atoms in total. The summed E-state index contributed by atoms with van der Waals surface area (Å²) in [5.74, 6) is 1.63. The normalized spacial score (nSPS) is 24.2. The van der Waals surface area contributed by atoms with Gasteiger partial charge in [0.1, 0.15) is 0 Å². The fourth-order valence-corrected chi connectivity index (χ4v) is 4.59. The van der Waals surface area contributed by atoms with Crippen molar-refractivity contribution in [3.8, 4) is 0 Å². The Labute approximate surface area is 155 Å². The van der Waals surface area contributed by atoms with Crippen LogP contribution in [0.4, 0.5) is 4.79 Å². The van der Waals surface area contributed by atoms with E-state index in [1.54, 1.807) is 0 Å². The molecule has 3 atom stereocenters. The van der Waals surface area contributed by atoms with Crippen molar-refractivity contribution in [2.45, 2.75) is 57.4 Å². The molecule has 0 bridgehead atoms. The topological polar surface area (TPSA) is 69.8 Å². The van der Waals surface area contributed by atoms with Crippen molar-refractivity contribution in [1.82, 2.24) is 20.8 Å². The highest BCUT2D eigenvalue weighted by Crippen LogP contribution is 2.44. The summed E-state index contributed by atoms with van der Waals surface area (Å²) in [5, 5.41) is 13.4. The third-order valence-corrected chi connectivity index (χ3v) is 6.04. The van der Waals surface area contributed by atoms with Crippen LogP contribution in [0.1, 0.15) is 60.9 Å². The number of urea groups is 1. The average molecular weight is 352 g/mol. The van der Waals surface area contributed by atoms with Crippen LogP contribution in [0.3, 0.4) is 0 Å². The first kappa shape index (κ1) is 17.1. The van der Waals surface area contributed by atoms with Gasteiger partial charge in [-0.2, -0.15) is 5.10 Å². The summed E-state index contributed by atoms with van der Waals surface area (Å²) >= 11 is 0. The van der Waals surface area contributed by atoms with E-state index in [4.69, 9.17) is 0 Å². The van der Waals surface area contributed by atoms with Crippen molar-refractivity contribution in [2.75, 3.05) is 6.54 Å². The monoisotopic (exact) mass is 352 g/mol. The van der Waals surface area contributed by atoms with Crippen LogP contribution >= 0.6 is 0 Å². The molecule has 2 aromatic rings.